The average Bonchev–Trinajstić information content (AvgIpc) is 2.97. The van der Waals surface area contributed by atoms with Crippen LogP contribution in [0.25, 0.3) is 0 Å². The van der Waals surface area contributed by atoms with Crippen LogP contribution in [0.15, 0.2) is 40.1 Å². The lowest BCUT2D eigenvalue weighted by Gasteiger charge is -2.08. The fourth-order valence-electron chi connectivity index (χ4n) is 1.58. The molecule has 0 saturated carbocycles. The Labute approximate surface area is 123 Å². The van der Waals surface area contributed by atoms with E-state index in [1.807, 2.05) is 23.8 Å². The molecule has 0 bridgehead atoms. The molecule has 2 aromatic rings. The first-order chi connectivity index (χ1) is 9.62. The molecule has 0 fully saturated rings. The maximum atomic E-state index is 12.2. The molecule has 7 heteroatoms. The average molecular weight is 311 g/mol. The first kappa shape index (κ1) is 15.0. The second-order valence-electron chi connectivity index (χ2n) is 4.26. The molecule has 2 rings (SSSR count). The van der Waals surface area contributed by atoms with Crippen molar-refractivity contribution in [2.45, 2.75) is 24.8 Å². The van der Waals surface area contributed by atoms with Crippen molar-refractivity contribution in [2.24, 2.45) is 0 Å². The van der Waals surface area contributed by atoms with E-state index in [2.05, 4.69) is 15.0 Å². The summed E-state index contributed by atoms with van der Waals surface area (Å²) < 4.78 is 27.0. The number of thiophene rings is 1. The molecule has 20 heavy (non-hydrogen) atoms. The SMILES string of the molecule is CCCNc1cc(S(=O)(=O)NCc2ccsc2)ccn1. The van der Waals surface area contributed by atoms with Crippen molar-refractivity contribution in [1.82, 2.24) is 9.71 Å². The van der Waals surface area contributed by atoms with Crippen LogP contribution < -0.4 is 10.0 Å². The summed E-state index contributed by atoms with van der Waals surface area (Å²) in [7, 11) is -3.51. The van der Waals surface area contributed by atoms with Crippen molar-refractivity contribution in [1.29, 1.82) is 0 Å². The molecule has 0 spiro atoms. The highest BCUT2D eigenvalue weighted by Gasteiger charge is 2.14. The molecule has 0 atom stereocenters. The molecule has 108 valence electrons. The number of rotatable bonds is 7. The molecule has 2 aromatic heterocycles. The molecule has 0 amide bonds. The van der Waals surface area contributed by atoms with Crippen LogP contribution in [-0.4, -0.2) is 19.9 Å². The van der Waals surface area contributed by atoms with E-state index in [-0.39, 0.29) is 4.90 Å². The van der Waals surface area contributed by atoms with Crippen LogP contribution in [0.3, 0.4) is 0 Å². The number of anilines is 1. The van der Waals surface area contributed by atoms with Gasteiger partial charge >= 0.3 is 0 Å². The van der Waals surface area contributed by atoms with E-state index in [9.17, 15) is 8.42 Å². The Kier molecular flexibility index (Phi) is 5.11. The molecule has 2 N–H and O–H groups in total. The van der Waals surface area contributed by atoms with Gasteiger partial charge in [-0.15, -0.1) is 0 Å². The van der Waals surface area contributed by atoms with E-state index >= 15 is 0 Å². The third-order valence-corrected chi connectivity index (χ3v) is 4.78. The van der Waals surface area contributed by atoms with E-state index in [4.69, 9.17) is 0 Å². The van der Waals surface area contributed by atoms with Gasteiger partial charge < -0.3 is 5.32 Å². The highest BCUT2D eigenvalue weighted by molar-refractivity contribution is 7.89. The van der Waals surface area contributed by atoms with Crippen molar-refractivity contribution in [2.75, 3.05) is 11.9 Å². The topological polar surface area (TPSA) is 71.1 Å². The van der Waals surface area contributed by atoms with Gasteiger partial charge in [0, 0.05) is 25.4 Å². The number of pyridine rings is 1. The molecular formula is C13H17N3O2S2. The number of hydrogen-bond acceptors (Lipinski definition) is 5. The number of hydrogen-bond donors (Lipinski definition) is 2. The molecule has 0 saturated heterocycles. The first-order valence-corrected chi connectivity index (χ1v) is 8.75. The fraction of sp³-hybridized carbons (Fsp3) is 0.308. The van der Waals surface area contributed by atoms with Crippen molar-refractivity contribution < 1.29 is 8.42 Å². The zero-order chi connectivity index (χ0) is 14.4. The quantitative estimate of drug-likeness (QED) is 0.824. The van der Waals surface area contributed by atoms with Gasteiger partial charge in [-0.2, -0.15) is 11.3 Å². The summed E-state index contributed by atoms with van der Waals surface area (Å²) in [6.07, 6.45) is 2.45. The van der Waals surface area contributed by atoms with Gasteiger partial charge in [0.05, 0.1) is 4.90 Å². The number of sulfonamides is 1. The minimum atomic E-state index is -3.51. The molecule has 0 aliphatic rings. The molecule has 5 nitrogen and oxygen atoms in total. The van der Waals surface area contributed by atoms with E-state index in [0.717, 1.165) is 18.5 Å². The van der Waals surface area contributed by atoms with Crippen molar-refractivity contribution >= 4 is 27.2 Å². The van der Waals surface area contributed by atoms with Gasteiger partial charge in [0.25, 0.3) is 0 Å². The Morgan fingerprint density at radius 1 is 1.35 bits per heavy atom. The highest BCUT2D eigenvalue weighted by Crippen LogP contribution is 2.14. The molecular weight excluding hydrogens is 294 g/mol. The Morgan fingerprint density at radius 3 is 2.90 bits per heavy atom. The Morgan fingerprint density at radius 2 is 2.20 bits per heavy atom. The van der Waals surface area contributed by atoms with Gasteiger partial charge in [-0.3, -0.25) is 0 Å². The summed E-state index contributed by atoms with van der Waals surface area (Å²) in [4.78, 5) is 4.32. The van der Waals surface area contributed by atoms with Crippen LogP contribution >= 0.6 is 11.3 Å². The second-order valence-corrected chi connectivity index (χ2v) is 6.81. The van der Waals surface area contributed by atoms with Crippen LogP contribution in [0, 0.1) is 0 Å². The third-order valence-electron chi connectivity index (χ3n) is 2.64. The van der Waals surface area contributed by atoms with Gasteiger partial charge in [0.2, 0.25) is 10.0 Å². The second kappa shape index (κ2) is 6.83. The Balaban J connectivity index is 2.08. The molecule has 0 unspecified atom stereocenters. The lowest BCUT2D eigenvalue weighted by Crippen LogP contribution is -2.23. The summed E-state index contributed by atoms with van der Waals surface area (Å²) in [6.45, 7) is 3.10. The van der Waals surface area contributed by atoms with Gasteiger partial charge in [0.1, 0.15) is 5.82 Å². The zero-order valence-electron chi connectivity index (χ0n) is 11.2. The molecule has 0 aliphatic carbocycles. The van der Waals surface area contributed by atoms with E-state index in [1.54, 1.807) is 17.4 Å². The number of aromatic nitrogens is 1. The van der Waals surface area contributed by atoms with Crippen LogP contribution in [0.5, 0.6) is 0 Å². The first-order valence-electron chi connectivity index (χ1n) is 6.32. The van der Waals surface area contributed by atoms with Crippen molar-refractivity contribution in [3.05, 3.63) is 40.7 Å². The van der Waals surface area contributed by atoms with Gasteiger partial charge in [0.15, 0.2) is 0 Å². The molecule has 0 aromatic carbocycles. The largest absolute Gasteiger partial charge is 0.370 e. The van der Waals surface area contributed by atoms with Crippen LogP contribution in [0.4, 0.5) is 5.82 Å². The third kappa shape index (κ3) is 4.03. The predicted octanol–water partition coefficient (Wildman–Crippen LogP) is 2.44. The van der Waals surface area contributed by atoms with E-state index in [1.165, 1.54) is 12.3 Å². The Bertz CT molecular complexity index is 639. The fourth-order valence-corrected chi connectivity index (χ4v) is 3.28. The summed E-state index contributed by atoms with van der Waals surface area (Å²) in [5.41, 5.74) is 0.956. The van der Waals surface area contributed by atoms with Crippen LogP contribution in [-0.2, 0) is 16.6 Å². The highest BCUT2D eigenvalue weighted by atomic mass is 32.2. The maximum absolute atomic E-state index is 12.2. The monoisotopic (exact) mass is 311 g/mol. The van der Waals surface area contributed by atoms with Gasteiger partial charge in [-0.05, 0) is 34.9 Å². The van der Waals surface area contributed by atoms with Crippen molar-refractivity contribution in [3.8, 4) is 0 Å². The summed E-state index contributed by atoms with van der Waals surface area (Å²) in [5, 5.41) is 6.91. The van der Waals surface area contributed by atoms with Crippen molar-refractivity contribution in [3.63, 3.8) is 0 Å². The zero-order valence-corrected chi connectivity index (χ0v) is 12.8. The van der Waals surface area contributed by atoms with Gasteiger partial charge in [-0.1, -0.05) is 6.92 Å². The lowest BCUT2D eigenvalue weighted by atomic mass is 10.4. The Hall–Kier alpha value is -1.44. The predicted molar refractivity (Wildman–Crippen MR) is 81.4 cm³/mol. The minimum absolute atomic E-state index is 0.223. The number of nitrogens with one attached hydrogen (secondary N) is 2. The summed E-state index contributed by atoms with van der Waals surface area (Å²) in [6, 6.07) is 4.94. The summed E-state index contributed by atoms with van der Waals surface area (Å²) >= 11 is 1.54. The molecule has 0 aliphatic heterocycles. The summed E-state index contributed by atoms with van der Waals surface area (Å²) in [5.74, 6) is 0.574. The van der Waals surface area contributed by atoms with E-state index < -0.39 is 10.0 Å². The van der Waals surface area contributed by atoms with Gasteiger partial charge in [-0.25, -0.2) is 18.1 Å². The normalized spacial score (nSPS) is 11.4. The lowest BCUT2D eigenvalue weighted by molar-refractivity contribution is 0.581. The maximum Gasteiger partial charge on any atom is 0.241 e. The molecule has 2 heterocycles. The minimum Gasteiger partial charge on any atom is -0.370 e. The standard InChI is InChI=1S/C13H17N3O2S2/c1-2-5-14-13-8-12(3-6-15-13)20(17,18)16-9-11-4-7-19-10-11/h3-4,6-8,10,16H,2,5,9H2,1H3,(H,14,15). The number of nitrogens with zero attached hydrogens (tertiary/aromatic N) is 1. The smallest absolute Gasteiger partial charge is 0.241 e. The van der Waals surface area contributed by atoms with E-state index in [0.29, 0.717) is 12.4 Å². The molecule has 0 radical (unpaired) electrons. The van der Waals surface area contributed by atoms with Crippen LogP contribution in [0.1, 0.15) is 18.9 Å². The van der Waals surface area contributed by atoms with Crippen LogP contribution in [0.2, 0.25) is 0 Å².